The highest BCUT2D eigenvalue weighted by atomic mass is 32.2. The zero-order valence-electron chi connectivity index (χ0n) is 19.0. The van der Waals surface area contributed by atoms with Crippen LogP contribution in [0.15, 0.2) is 59.5 Å². The second-order valence-corrected chi connectivity index (χ2v) is 9.75. The fraction of sp³-hybridized carbons (Fsp3) is 0.360. The van der Waals surface area contributed by atoms with Crippen LogP contribution in [-0.2, 0) is 30.8 Å². The molecule has 0 radical (unpaired) electrons. The minimum absolute atomic E-state index is 0.0668. The van der Waals surface area contributed by atoms with E-state index in [4.69, 9.17) is 4.74 Å². The molecule has 0 aromatic heterocycles. The lowest BCUT2D eigenvalue weighted by Gasteiger charge is -2.26. The number of nitrogens with zero attached hydrogens (tertiary/aromatic N) is 1. The Morgan fingerprint density at radius 2 is 1.79 bits per heavy atom. The maximum absolute atomic E-state index is 12.5. The molecule has 176 valence electrons. The van der Waals surface area contributed by atoms with E-state index in [-0.39, 0.29) is 23.5 Å². The fourth-order valence-corrected chi connectivity index (χ4v) is 5.41. The summed E-state index contributed by atoms with van der Waals surface area (Å²) in [6.45, 7) is 4.01. The monoisotopic (exact) mass is 470 g/mol. The summed E-state index contributed by atoms with van der Waals surface area (Å²) in [6.07, 6.45) is 5.60. The van der Waals surface area contributed by atoms with Gasteiger partial charge >= 0.3 is 5.97 Å². The number of ether oxygens (including phenoxy) is 1. The number of amides is 1. The Morgan fingerprint density at radius 3 is 2.48 bits per heavy atom. The van der Waals surface area contributed by atoms with E-state index in [9.17, 15) is 18.0 Å². The summed E-state index contributed by atoms with van der Waals surface area (Å²) in [6, 6.07) is 14.2. The summed E-state index contributed by atoms with van der Waals surface area (Å²) >= 11 is 0. The van der Waals surface area contributed by atoms with E-state index in [0.29, 0.717) is 18.7 Å². The number of fused-ring (bicyclic) bond motifs is 1. The number of benzene rings is 2. The van der Waals surface area contributed by atoms with Crippen LogP contribution in [0.1, 0.15) is 49.4 Å². The Labute approximate surface area is 195 Å². The molecular formula is C25H30N2O5S. The summed E-state index contributed by atoms with van der Waals surface area (Å²) < 4.78 is 31.5. The van der Waals surface area contributed by atoms with Gasteiger partial charge in [-0.05, 0) is 54.2 Å². The smallest absolute Gasteiger partial charge is 0.331 e. The topological polar surface area (TPSA) is 92.8 Å². The van der Waals surface area contributed by atoms with Crippen LogP contribution in [-0.4, -0.2) is 44.3 Å². The second kappa shape index (κ2) is 11.2. The zero-order chi connectivity index (χ0) is 23.8. The summed E-state index contributed by atoms with van der Waals surface area (Å²) in [5, 5.41) is 2.94. The molecule has 2 aromatic carbocycles. The van der Waals surface area contributed by atoms with E-state index in [0.717, 1.165) is 24.8 Å². The first-order valence-corrected chi connectivity index (χ1v) is 12.6. The number of sulfonamides is 1. The van der Waals surface area contributed by atoms with E-state index in [1.165, 1.54) is 34.2 Å². The van der Waals surface area contributed by atoms with E-state index >= 15 is 0 Å². The van der Waals surface area contributed by atoms with Gasteiger partial charge in [-0.2, -0.15) is 4.31 Å². The molecule has 0 saturated carbocycles. The zero-order valence-corrected chi connectivity index (χ0v) is 19.8. The SMILES string of the molecule is CCN(CC)S(=O)(=O)c1ccc(C=CC(=O)OCC(=O)NC2CCCc3ccccc32)cc1. The van der Waals surface area contributed by atoms with Crippen LogP contribution in [0.4, 0.5) is 0 Å². The Balaban J connectivity index is 1.51. The summed E-state index contributed by atoms with van der Waals surface area (Å²) in [7, 11) is -3.53. The fourth-order valence-electron chi connectivity index (χ4n) is 3.95. The van der Waals surface area contributed by atoms with Gasteiger partial charge < -0.3 is 10.1 Å². The minimum Gasteiger partial charge on any atom is -0.452 e. The van der Waals surface area contributed by atoms with Gasteiger partial charge in [0.25, 0.3) is 5.91 Å². The van der Waals surface area contributed by atoms with Crippen LogP contribution in [0.2, 0.25) is 0 Å². The molecule has 0 heterocycles. The van der Waals surface area contributed by atoms with Gasteiger partial charge in [0, 0.05) is 19.2 Å². The molecule has 8 heteroatoms. The highest BCUT2D eigenvalue weighted by Gasteiger charge is 2.22. The normalized spacial score (nSPS) is 15.9. The molecule has 7 nitrogen and oxygen atoms in total. The minimum atomic E-state index is -3.53. The highest BCUT2D eigenvalue weighted by Crippen LogP contribution is 2.29. The first-order valence-electron chi connectivity index (χ1n) is 11.2. The predicted molar refractivity (Wildman–Crippen MR) is 127 cm³/mol. The van der Waals surface area contributed by atoms with Gasteiger partial charge in [0.05, 0.1) is 10.9 Å². The number of nitrogens with one attached hydrogen (secondary N) is 1. The van der Waals surface area contributed by atoms with Gasteiger partial charge in [-0.25, -0.2) is 13.2 Å². The van der Waals surface area contributed by atoms with Crippen molar-refractivity contribution in [3.8, 4) is 0 Å². The highest BCUT2D eigenvalue weighted by molar-refractivity contribution is 7.89. The van der Waals surface area contributed by atoms with Crippen LogP contribution >= 0.6 is 0 Å². The van der Waals surface area contributed by atoms with Gasteiger partial charge in [-0.15, -0.1) is 0 Å². The molecule has 2 aromatic rings. The average molecular weight is 471 g/mol. The first kappa shape index (κ1) is 24.7. The molecule has 0 spiro atoms. The van der Waals surface area contributed by atoms with Crippen molar-refractivity contribution in [1.29, 1.82) is 0 Å². The number of carbonyl (C=O) groups is 2. The number of rotatable bonds is 9. The third-order valence-corrected chi connectivity index (χ3v) is 7.75. The van der Waals surface area contributed by atoms with Crippen LogP contribution < -0.4 is 5.32 Å². The predicted octanol–water partition coefficient (Wildman–Crippen LogP) is 3.47. The van der Waals surface area contributed by atoms with E-state index in [2.05, 4.69) is 11.4 Å². The Kier molecular flexibility index (Phi) is 8.41. The van der Waals surface area contributed by atoms with Crippen molar-refractivity contribution in [3.63, 3.8) is 0 Å². The van der Waals surface area contributed by atoms with Gasteiger partial charge in [-0.1, -0.05) is 50.2 Å². The van der Waals surface area contributed by atoms with Gasteiger partial charge in [0.2, 0.25) is 10.0 Å². The van der Waals surface area contributed by atoms with Gasteiger partial charge in [0.15, 0.2) is 6.61 Å². The first-order chi connectivity index (χ1) is 15.8. The van der Waals surface area contributed by atoms with Crippen LogP contribution in [0, 0.1) is 0 Å². The van der Waals surface area contributed by atoms with Gasteiger partial charge in [-0.3, -0.25) is 4.79 Å². The number of hydrogen-bond acceptors (Lipinski definition) is 5. The Morgan fingerprint density at radius 1 is 1.09 bits per heavy atom. The van der Waals surface area contributed by atoms with E-state index in [1.807, 2.05) is 18.2 Å². The lowest BCUT2D eigenvalue weighted by Crippen LogP contribution is -2.34. The van der Waals surface area contributed by atoms with Crippen LogP contribution in [0.3, 0.4) is 0 Å². The van der Waals surface area contributed by atoms with Crippen molar-refractivity contribution in [3.05, 3.63) is 71.3 Å². The Hall–Kier alpha value is -2.97. The molecule has 0 fully saturated rings. The number of hydrogen-bond donors (Lipinski definition) is 1. The average Bonchev–Trinajstić information content (AvgIpc) is 2.82. The molecule has 3 rings (SSSR count). The van der Waals surface area contributed by atoms with Crippen LogP contribution in [0.25, 0.3) is 6.08 Å². The molecule has 1 aliphatic rings. The van der Waals surface area contributed by atoms with Crippen molar-refractivity contribution >= 4 is 28.0 Å². The molecule has 33 heavy (non-hydrogen) atoms. The van der Waals surface area contributed by atoms with Crippen molar-refractivity contribution in [2.75, 3.05) is 19.7 Å². The van der Waals surface area contributed by atoms with Crippen molar-refractivity contribution in [1.82, 2.24) is 9.62 Å². The molecule has 0 aliphatic heterocycles. The molecule has 1 aliphatic carbocycles. The third kappa shape index (κ3) is 6.30. The van der Waals surface area contributed by atoms with Crippen LogP contribution in [0.5, 0.6) is 0 Å². The van der Waals surface area contributed by atoms with E-state index < -0.39 is 16.0 Å². The molecule has 1 unspecified atom stereocenters. The standard InChI is InChI=1S/C25H30N2O5S/c1-3-27(4-2)33(30,31)21-15-12-19(13-16-21)14-17-25(29)32-18-24(28)26-23-11-7-9-20-8-5-6-10-22(20)23/h5-6,8,10,12-17,23H,3-4,7,9,11,18H2,1-2H3,(H,26,28). The largest absolute Gasteiger partial charge is 0.452 e. The molecule has 0 bridgehead atoms. The Bertz CT molecular complexity index is 1110. The molecule has 0 saturated heterocycles. The molecule has 1 amide bonds. The number of carbonyl (C=O) groups excluding carboxylic acids is 2. The van der Waals surface area contributed by atoms with Crippen molar-refractivity contribution < 1.29 is 22.7 Å². The number of aryl methyl sites for hydroxylation is 1. The maximum atomic E-state index is 12.5. The van der Waals surface area contributed by atoms with Gasteiger partial charge in [0.1, 0.15) is 0 Å². The quantitative estimate of drug-likeness (QED) is 0.448. The summed E-state index contributed by atoms with van der Waals surface area (Å²) in [5.74, 6) is -0.988. The summed E-state index contributed by atoms with van der Waals surface area (Å²) in [5.41, 5.74) is 3.01. The van der Waals surface area contributed by atoms with Crippen molar-refractivity contribution in [2.45, 2.75) is 44.0 Å². The lowest BCUT2D eigenvalue weighted by molar-refractivity contribution is -0.144. The lowest BCUT2D eigenvalue weighted by atomic mass is 9.88. The molecular weight excluding hydrogens is 440 g/mol. The second-order valence-electron chi connectivity index (χ2n) is 7.81. The number of esters is 1. The maximum Gasteiger partial charge on any atom is 0.331 e. The van der Waals surface area contributed by atoms with E-state index in [1.54, 1.807) is 26.0 Å². The molecule has 1 N–H and O–H groups in total. The molecule has 1 atom stereocenters. The third-order valence-electron chi connectivity index (χ3n) is 5.69. The summed E-state index contributed by atoms with van der Waals surface area (Å²) in [4.78, 5) is 24.5. The van der Waals surface area contributed by atoms with Crippen molar-refractivity contribution in [2.24, 2.45) is 0 Å².